The minimum absolute atomic E-state index is 0.0190. The maximum atomic E-state index is 13.4. The summed E-state index contributed by atoms with van der Waals surface area (Å²) in [5.41, 5.74) is 4.76. The van der Waals surface area contributed by atoms with Crippen molar-refractivity contribution < 1.29 is 9.59 Å². The molecule has 178 valence electrons. The van der Waals surface area contributed by atoms with Gasteiger partial charge in [0.25, 0.3) is 0 Å². The van der Waals surface area contributed by atoms with Gasteiger partial charge in [-0.25, -0.2) is 0 Å². The summed E-state index contributed by atoms with van der Waals surface area (Å²) in [6, 6.07) is 16.5. The Morgan fingerprint density at radius 2 is 1.70 bits per heavy atom. The van der Waals surface area contributed by atoms with Crippen LogP contribution in [0.1, 0.15) is 82.1 Å². The van der Waals surface area contributed by atoms with Gasteiger partial charge in [-0.3, -0.25) is 9.59 Å². The number of amides is 2. The molecule has 1 aliphatic rings. The molecule has 0 saturated heterocycles. The summed E-state index contributed by atoms with van der Waals surface area (Å²) < 4.78 is 0. The Balaban J connectivity index is 1.70. The van der Waals surface area contributed by atoms with Crippen LogP contribution in [0.5, 0.6) is 0 Å². The number of carbonyl (C=O) groups excluding carboxylic acids is 2. The predicted molar refractivity (Wildman–Crippen MR) is 135 cm³/mol. The topological polar surface area (TPSA) is 49.4 Å². The number of nitrogens with zero attached hydrogens (tertiary/aromatic N) is 1. The SMILES string of the molecule is Cc1cccc(CN(C(=O)CCc2ccc(C(C)(C)C)cc2)[C@@H](C)C(=O)NC2CCCC2)c1. The average molecular weight is 449 g/mol. The average Bonchev–Trinajstić information content (AvgIpc) is 3.28. The molecule has 0 heterocycles. The van der Waals surface area contributed by atoms with Gasteiger partial charge in [-0.05, 0) is 55.2 Å². The second kappa shape index (κ2) is 11.0. The highest BCUT2D eigenvalue weighted by atomic mass is 16.2. The second-order valence-corrected chi connectivity index (χ2v) is 10.6. The van der Waals surface area contributed by atoms with Crippen LogP contribution in [-0.2, 0) is 28.0 Å². The van der Waals surface area contributed by atoms with Crippen molar-refractivity contribution in [2.75, 3.05) is 0 Å². The molecule has 2 aromatic carbocycles. The van der Waals surface area contributed by atoms with E-state index in [4.69, 9.17) is 0 Å². The Kier molecular flexibility index (Phi) is 8.34. The van der Waals surface area contributed by atoms with Crippen LogP contribution >= 0.6 is 0 Å². The first-order valence-corrected chi connectivity index (χ1v) is 12.4. The normalized spacial score (nSPS) is 15.3. The van der Waals surface area contributed by atoms with Gasteiger partial charge in [0.15, 0.2) is 0 Å². The van der Waals surface area contributed by atoms with E-state index >= 15 is 0 Å². The molecule has 33 heavy (non-hydrogen) atoms. The van der Waals surface area contributed by atoms with Crippen molar-refractivity contribution in [2.45, 2.75) is 97.2 Å². The molecule has 4 nitrogen and oxygen atoms in total. The van der Waals surface area contributed by atoms with Crippen LogP contribution in [0.3, 0.4) is 0 Å². The Labute approximate surface area is 199 Å². The Hall–Kier alpha value is -2.62. The van der Waals surface area contributed by atoms with Gasteiger partial charge in [-0.2, -0.15) is 0 Å². The third-order valence-corrected chi connectivity index (χ3v) is 6.75. The van der Waals surface area contributed by atoms with Crippen LogP contribution in [-0.4, -0.2) is 28.8 Å². The molecule has 0 aliphatic heterocycles. The van der Waals surface area contributed by atoms with Crippen LogP contribution < -0.4 is 5.32 Å². The van der Waals surface area contributed by atoms with E-state index in [1.807, 2.05) is 32.0 Å². The Morgan fingerprint density at radius 1 is 1.03 bits per heavy atom. The van der Waals surface area contributed by atoms with Crippen LogP contribution in [0.4, 0.5) is 0 Å². The zero-order valence-electron chi connectivity index (χ0n) is 21.0. The van der Waals surface area contributed by atoms with Crippen LogP contribution in [0.15, 0.2) is 48.5 Å². The first kappa shape index (κ1) is 25.0. The lowest BCUT2D eigenvalue weighted by Crippen LogP contribution is -2.49. The minimum atomic E-state index is -0.498. The number of hydrogen-bond donors (Lipinski definition) is 1. The fourth-order valence-electron chi connectivity index (χ4n) is 4.55. The second-order valence-electron chi connectivity index (χ2n) is 10.6. The quantitative estimate of drug-likeness (QED) is 0.563. The van der Waals surface area contributed by atoms with Gasteiger partial charge < -0.3 is 10.2 Å². The Bertz CT molecular complexity index is 937. The molecule has 0 unspecified atom stereocenters. The number of aryl methyl sites for hydroxylation is 2. The van der Waals surface area contributed by atoms with Gasteiger partial charge in [0.1, 0.15) is 6.04 Å². The van der Waals surface area contributed by atoms with Gasteiger partial charge in [0, 0.05) is 19.0 Å². The zero-order valence-corrected chi connectivity index (χ0v) is 21.0. The fraction of sp³-hybridized carbons (Fsp3) is 0.517. The van der Waals surface area contributed by atoms with E-state index in [9.17, 15) is 9.59 Å². The standard InChI is InChI=1S/C29H40N2O2/c1-21-9-8-10-24(19-21)20-31(22(2)28(33)30-26-11-6-7-12-26)27(32)18-15-23-13-16-25(17-14-23)29(3,4)5/h8-10,13-14,16-17,19,22,26H,6-7,11-12,15,18,20H2,1-5H3,(H,30,33)/t22-/m0/s1. The summed E-state index contributed by atoms with van der Waals surface area (Å²) in [7, 11) is 0. The van der Waals surface area contributed by atoms with Gasteiger partial charge in [0.05, 0.1) is 0 Å². The molecule has 1 fully saturated rings. The monoisotopic (exact) mass is 448 g/mol. The van der Waals surface area contributed by atoms with Crippen molar-refractivity contribution in [3.05, 3.63) is 70.8 Å². The maximum absolute atomic E-state index is 13.4. The Morgan fingerprint density at radius 3 is 2.30 bits per heavy atom. The molecular weight excluding hydrogens is 408 g/mol. The molecule has 2 aromatic rings. The molecule has 1 atom stereocenters. The largest absolute Gasteiger partial charge is 0.352 e. The lowest BCUT2D eigenvalue weighted by molar-refractivity contribution is -0.140. The molecule has 0 bridgehead atoms. The lowest BCUT2D eigenvalue weighted by atomic mass is 9.86. The van der Waals surface area contributed by atoms with E-state index in [0.717, 1.165) is 29.5 Å². The summed E-state index contributed by atoms with van der Waals surface area (Å²) in [6.45, 7) is 11.0. The van der Waals surface area contributed by atoms with Crippen molar-refractivity contribution in [2.24, 2.45) is 0 Å². The molecule has 0 aromatic heterocycles. The number of rotatable bonds is 8. The van der Waals surface area contributed by atoms with Crippen molar-refractivity contribution >= 4 is 11.8 Å². The number of hydrogen-bond acceptors (Lipinski definition) is 2. The van der Waals surface area contributed by atoms with E-state index < -0.39 is 6.04 Å². The maximum Gasteiger partial charge on any atom is 0.242 e. The van der Waals surface area contributed by atoms with Crippen LogP contribution in [0, 0.1) is 6.92 Å². The van der Waals surface area contributed by atoms with Gasteiger partial charge in [-0.15, -0.1) is 0 Å². The van der Waals surface area contributed by atoms with E-state index in [-0.39, 0.29) is 23.3 Å². The number of nitrogens with one attached hydrogen (secondary N) is 1. The van der Waals surface area contributed by atoms with E-state index in [1.165, 1.54) is 18.4 Å². The molecule has 3 rings (SSSR count). The highest BCUT2D eigenvalue weighted by molar-refractivity contribution is 5.87. The van der Waals surface area contributed by atoms with Crippen molar-refractivity contribution in [3.63, 3.8) is 0 Å². The lowest BCUT2D eigenvalue weighted by Gasteiger charge is -2.30. The van der Waals surface area contributed by atoms with E-state index in [2.05, 4.69) is 56.4 Å². The molecule has 1 aliphatic carbocycles. The smallest absolute Gasteiger partial charge is 0.242 e. The summed E-state index contributed by atoms with van der Waals surface area (Å²) in [5, 5.41) is 3.17. The van der Waals surface area contributed by atoms with Gasteiger partial charge >= 0.3 is 0 Å². The number of carbonyl (C=O) groups is 2. The van der Waals surface area contributed by atoms with Crippen molar-refractivity contribution in [1.29, 1.82) is 0 Å². The molecule has 1 saturated carbocycles. The summed E-state index contributed by atoms with van der Waals surface area (Å²) in [4.78, 5) is 28.1. The third kappa shape index (κ3) is 7.18. The van der Waals surface area contributed by atoms with Gasteiger partial charge in [-0.1, -0.05) is 87.7 Å². The molecule has 0 spiro atoms. The fourth-order valence-corrected chi connectivity index (χ4v) is 4.55. The molecule has 4 heteroatoms. The summed E-state index contributed by atoms with van der Waals surface area (Å²) >= 11 is 0. The summed E-state index contributed by atoms with van der Waals surface area (Å²) in [6.07, 6.45) is 5.47. The van der Waals surface area contributed by atoms with Crippen LogP contribution in [0.2, 0.25) is 0 Å². The molecule has 2 amide bonds. The first-order valence-electron chi connectivity index (χ1n) is 12.4. The predicted octanol–water partition coefficient (Wildman–Crippen LogP) is 5.70. The highest BCUT2D eigenvalue weighted by Gasteiger charge is 2.28. The number of benzene rings is 2. The summed E-state index contributed by atoms with van der Waals surface area (Å²) in [5.74, 6) is -0.0251. The highest BCUT2D eigenvalue weighted by Crippen LogP contribution is 2.23. The van der Waals surface area contributed by atoms with Crippen molar-refractivity contribution in [3.8, 4) is 0 Å². The van der Waals surface area contributed by atoms with Crippen LogP contribution in [0.25, 0.3) is 0 Å². The van der Waals surface area contributed by atoms with E-state index in [0.29, 0.717) is 19.4 Å². The van der Waals surface area contributed by atoms with Crippen molar-refractivity contribution in [1.82, 2.24) is 10.2 Å². The zero-order chi connectivity index (χ0) is 24.0. The third-order valence-electron chi connectivity index (χ3n) is 6.75. The molecular formula is C29H40N2O2. The molecule has 0 radical (unpaired) electrons. The van der Waals surface area contributed by atoms with E-state index in [1.54, 1.807) is 4.90 Å². The minimum Gasteiger partial charge on any atom is -0.352 e. The first-order chi connectivity index (χ1) is 15.6. The molecule has 1 N–H and O–H groups in total. The van der Waals surface area contributed by atoms with Gasteiger partial charge in [0.2, 0.25) is 11.8 Å².